The third-order valence-electron chi connectivity index (χ3n) is 5.65. The van der Waals surface area contributed by atoms with E-state index in [0.717, 1.165) is 43.5 Å². The van der Waals surface area contributed by atoms with Crippen molar-refractivity contribution in [3.63, 3.8) is 0 Å². The molecule has 0 heterocycles. The third kappa shape index (κ3) is 6.06. The van der Waals surface area contributed by atoms with Gasteiger partial charge in [0.2, 0.25) is 5.91 Å². The van der Waals surface area contributed by atoms with Crippen LogP contribution in [0, 0.1) is 11.3 Å². The number of methoxy groups -OCH3 is 1. The fraction of sp³-hybridized carbons (Fsp3) is 0.417. The molecule has 6 nitrogen and oxygen atoms in total. The van der Waals surface area contributed by atoms with Crippen molar-refractivity contribution >= 4 is 11.6 Å². The number of nitrogens with one attached hydrogen (secondary N) is 1. The molecular formula is C24H29N3O3. The van der Waals surface area contributed by atoms with Gasteiger partial charge in [0.15, 0.2) is 0 Å². The van der Waals surface area contributed by atoms with Gasteiger partial charge in [0.25, 0.3) is 0 Å². The van der Waals surface area contributed by atoms with Gasteiger partial charge in [-0.1, -0.05) is 24.3 Å². The summed E-state index contributed by atoms with van der Waals surface area (Å²) in [7, 11) is 1.66. The van der Waals surface area contributed by atoms with E-state index >= 15 is 0 Å². The molecule has 1 fully saturated rings. The van der Waals surface area contributed by atoms with Crippen molar-refractivity contribution in [3.05, 3.63) is 59.7 Å². The highest BCUT2D eigenvalue weighted by molar-refractivity contribution is 5.92. The maximum Gasteiger partial charge on any atom is 0.225 e. The minimum Gasteiger partial charge on any atom is -0.497 e. The van der Waals surface area contributed by atoms with Gasteiger partial charge in [0, 0.05) is 25.6 Å². The molecule has 1 aliphatic carbocycles. The number of carbonyl (C=O) groups excluding carboxylic acids is 1. The Morgan fingerprint density at radius 2 is 1.97 bits per heavy atom. The van der Waals surface area contributed by atoms with Crippen molar-refractivity contribution in [1.29, 1.82) is 5.26 Å². The summed E-state index contributed by atoms with van der Waals surface area (Å²) in [5.74, 6) is 0.710. The number of ether oxygens (including phenoxy) is 1. The molecule has 0 saturated heterocycles. The molecule has 0 bridgehead atoms. The van der Waals surface area contributed by atoms with E-state index in [0.29, 0.717) is 30.3 Å². The molecule has 30 heavy (non-hydrogen) atoms. The summed E-state index contributed by atoms with van der Waals surface area (Å²) in [6.07, 6.45) is 3.55. The van der Waals surface area contributed by atoms with Gasteiger partial charge in [-0.05, 0) is 55.5 Å². The molecule has 6 heteroatoms. The molecule has 0 spiro atoms. The van der Waals surface area contributed by atoms with Gasteiger partial charge in [-0.15, -0.1) is 0 Å². The predicted molar refractivity (Wildman–Crippen MR) is 116 cm³/mol. The Hall–Kier alpha value is -2.88. The first-order chi connectivity index (χ1) is 14.6. The second kappa shape index (κ2) is 10.8. The molecule has 1 aliphatic rings. The van der Waals surface area contributed by atoms with Crippen LogP contribution in [0.2, 0.25) is 0 Å². The van der Waals surface area contributed by atoms with E-state index in [-0.39, 0.29) is 12.0 Å². The molecule has 0 atom stereocenters. The summed E-state index contributed by atoms with van der Waals surface area (Å²) < 4.78 is 5.34. The van der Waals surface area contributed by atoms with Gasteiger partial charge in [-0.25, -0.2) is 0 Å². The smallest absolute Gasteiger partial charge is 0.225 e. The third-order valence-corrected chi connectivity index (χ3v) is 5.65. The number of benzene rings is 2. The van der Waals surface area contributed by atoms with Crippen LogP contribution in [0.3, 0.4) is 0 Å². The highest BCUT2D eigenvalue weighted by Crippen LogP contribution is 2.26. The lowest BCUT2D eigenvalue weighted by atomic mass is 9.91. The fourth-order valence-electron chi connectivity index (χ4n) is 3.97. The number of amides is 1. The summed E-state index contributed by atoms with van der Waals surface area (Å²) in [4.78, 5) is 14.9. The summed E-state index contributed by atoms with van der Waals surface area (Å²) in [6.45, 7) is 1.33. The van der Waals surface area contributed by atoms with Crippen LogP contribution in [-0.4, -0.2) is 41.7 Å². The van der Waals surface area contributed by atoms with Crippen LogP contribution in [0.1, 0.15) is 43.2 Å². The van der Waals surface area contributed by atoms with Crippen LogP contribution in [-0.2, 0) is 11.3 Å². The van der Waals surface area contributed by atoms with Crippen molar-refractivity contribution in [2.24, 2.45) is 0 Å². The maximum atomic E-state index is 12.6. The largest absolute Gasteiger partial charge is 0.497 e. The molecule has 2 aromatic carbocycles. The van der Waals surface area contributed by atoms with E-state index in [1.54, 1.807) is 31.4 Å². The average Bonchev–Trinajstić information content (AvgIpc) is 2.77. The maximum absolute atomic E-state index is 12.6. The number of nitriles is 1. The van der Waals surface area contributed by atoms with Gasteiger partial charge in [-0.3, -0.25) is 9.69 Å². The first-order valence-electron chi connectivity index (χ1n) is 10.4. The Kier molecular flexibility index (Phi) is 7.83. The molecule has 0 unspecified atom stereocenters. The zero-order valence-electron chi connectivity index (χ0n) is 17.4. The van der Waals surface area contributed by atoms with Crippen molar-refractivity contribution in [3.8, 4) is 11.8 Å². The molecule has 3 rings (SSSR count). The number of para-hydroxylation sites is 1. The SMILES string of the molecule is COc1cccc(CN(CCC(=O)Nc2ccccc2C#N)C2CCC(O)CC2)c1. The fourth-order valence-corrected chi connectivity index (χ4v) is 3.97. The van der Waals surface area contributed by atoms with Gasteiger partial charge < -0.3 is 15.2 Å². The van der Waals surface area contributed by atoms with Crippen molar-refractivity contribution in [2.75, 3.05) is 19.0 Å². The van der Waals surface area contributed by atoms with E-state index in [1.165, 1.54) is 0 Å². The lowest BCUT2D eigenvalue weighted by Crippen LogP contribution is -2.40. The number of hydrogen-bond donors (Lipinski definition) is 2. The first-order valence-corrected chi connectivity index (χ1v) is 10.4. The standard InChI is InChI=1S/C24H29N3O3/c1-30-22-7-4-5-18(15-22)17-27(20-9-11-21(28)12-10-20)14-13-24(29)26-23-8-3-2-6-19(23)16-25/h2-8,15,20-21,28H,9-14,17H2,1H3,(H,26,29). The first kappa shape index (κ1) is 21.8. The van der Waals surface area contributed by atoms with Crippen LogP contribution < -0.4 is 10.1 Å². The minimum absolute atomic E-state index is 0.107. The summed E-state index contributed by atoms with van der Waals surface area (Å²) in [5.41, 5.74) is 2.14. The molecule has 1 amide bonds. The summed E-state index contributed by atoms with van der Waals surface area (Å²) in [6, 6.07) is 17.4. The van der Waals surface area contributed by atoms with Crippen LogP contribution in [0.4, 0.5) is 5.69 Å². The zero-order chi connectivity index (χ0) is 21.3. The van der Waals surface area contributed by atoms with E-state index in [2.05, 4.69) is 22.4 Å². The quantitative estimate of drug-likeness (QED) is 0.697. The summed E-state index contributed by atoms with van der Waals surface area (Å²) >= 11 is 0. The minimum atomic E-state index is -0.217. The Bertz CT molecular complexity index is 885. The molecule has 2 N–H and O–H groups in total. The van der Waals surface area contributed by atoms with Gasteiger partial charge in [-0.2, -0.15) is 5.26 Å². The van der Waals surface area contributed by atoms with Crippen molar-refractivity contribution in [2.45, 2.75) is 50.8 Å². The number of hydrogen-bond acceptors (Lipinski definition) is 5. The number of nitrogens with zero attached hydrogens (tertiary/aromatic N) is 2. The van der Waals surface area contributed by atoms with E-state index in [1.807, 2.05) is 18.2 Å². The monoisotopic (exact) mass is 407 g/mol. The molecule has 1 saturated carbocycles. The second-order valence-corrected chi connectivity index (χ2v) is 7.74. The molecule has 0 radical (unpaired) electrons. The Balaban J connectivity index is 1.65. The number of carbonyl (C=O) groups is 1. The zero-order valence-corrected chi connectivity index (χ0v) is 17.4. The van der Waals surface area contributed by atoms with Crippen LogP contribution in [0.5, 0.6) is 5.75 Å². The molecule has 0 aliphatic heterocycles. The highest BCUT2D eigenvalue weighted by atomic mass is 16.5. The Morgan fingerprint density at radius 3 is 2.70 bits per heavy atom. The number of aliphatic hydroxyl groups excluding tert-OH is 1. The van der Waals surface area contributed by atoms with E-state index in [4.69, 9.17) is 4.74 Å². The Morgan fingerprint density at radius 1 is 1.20 bits per heavy atom. The highest BCUT2D eigenvalue weighted by Gasteiger charge is 2.25. The average molecular weight is 408 g/mol. The Labute approximate surface area is 178 Å². The lowest BCUT2D eigenvalue weighted by molar-refractivity contribution is -0.116. The normalized spacial score (nSPS) is 18.6. The molecular weight excluding hydrogens is 378 g/mol. The van der Waals surface area contributed by atoms with Gasteiger partial charge >= 0.3 is 0 Å². The number of rotatable bonds is 8. The lowest BCUT2D eigenvalue weighted by Gasteiger charge is -2.35. The predicted octanol–water partition coefficient (Wildman–Crippen LogP) is 3.70. The van der Waals surface area contributed by atoms with E-state index < -0.39 is 0 Å². The number of aliphatic hydroxyl groups is 1. The second-order valence-electron chi connectivity index (χ2n) is 7.74. The topological polar surface area (TPSA) is 85.6 Å². The molecule has 158 valence electrons. The van der Waals surface area contributed by atoms with Crippen LogP contribution in [0.15, 0.2) is 48.5 Å². The number of anilines is 1. The molecule has 2 aromatic rings. The van der Waals surface area contributed by atoms with Gasteiger partial charge in [0.05, 0.1) is 24.5 Å². The van der Waals surface area contributed by atoms with E-state index in [9.17, 15) is 15.2 Å². The van der Waals surface area contributed by atoms with Crippen LogP contribution in [0.25, 0.3) is 0 Å². The van der Waals surface area contributed by atoms with Gasteiger partial charge in [0.1, 0.15) is 11.8 Å². The molecule has 0 aromatic heterocycles. The summed E-state index contributed by atoms with van der Waals surface area (Å²) in [5, 5.41) is 21.9. The van der Waals surface area contributed by atoms with Crippen molar-refractivity contribution in [1.82, 2.24) is 4.90 Å². The van der Waals surface area contributed by atoms with Crippen LogP contribution >= 0.6 is 0 Å². The van der Waals surface area contributed by atoms with Crippen molar-refractivity contribution < 1.29 is 14.6 Å².